The number of nitrogens with two attached hydrogens (primary N) is 2. The van der Waals surface area contributed by atoms with Crippen molar-refractivity contribution in [1.29, 1.82) is 10.8 Å². The van der Waals surface area contributed by atoms with Crippen LogP contribution in [0, 0.1) is 10.8 Å². The molecule has 1 aromatic rings. The van der Waals surface area contributed by atoms with Crippen molar-refractivity contribution < 1.29 is 0 Å². The number of nitrogens with one attached hydrogen (secondary N) is 2. The van der Waals surface area contributed by atoms with Gasteiger partial charge >= 0.3 is 0 Å². The molecule has 0 bridgehead atoms. The molecule has 0 aliphatic heterocycles. The summed E-state index contributed by atoms with van der Waals surface area (Å²) in [6.07, 6.45) is 2.02. The Balaban J connectivity index is 2.31. The lowest BCUT2D eigenvalue weighted by molar-refractivity contribution is 0.934. The molecular weight excluding hydrogens is 264 g/mol. The summed E-state index contributed by atoms with van der Waals surface area (Å²) in [4.78, 5) is 0. The Kier molecular flexibility index (Phi) is 6.67. The van der Waals surface area contributed by atoms with Crippen LogP contribution in [0.3, 0.4) is 0 Å². The molecule has 6 N–H and O–H groups in total. The predicted molar refractivity (Wildman–Crippen MR) is 82.3 cm³/mol. The van der Waals surface area contributed by atoms with Gasteiger partial charge in [-0.3, -0.25) is 10.8 Å². The molecule has 0 amide bonds. The molecular formula is C12H18N4S2. The minimum Gasteiger partial charge on any atom is -0.379 e. The van der Waals surface area contributed by atoms with E-state index in [1.165, 1.54) is 34.7 Å². The number of rotatable bonds is 6. The zero-order valence-corrected chi connectivity index (χ0v) is 11.7. The van der Waals surface area contributed by atoms with Crippen LogP contribution in [0.15, 0.2) is 24.3 Å². The first kappa shape index (κ1) is 14.9. The maximum Gasteiger partial charge on any atom is 0.151 e. The van der Waals surface area contributed by atoms with E-state index < -0.39 is 0 Å². The van der Waals surface area contributed by atoms with E-state index in [0.29, 0.717) is 0 Å². The normalized spacial score (nSPS) is 10.2. The van der Waals surface area contributed by atoms with Gasteiger partial charge in [0, 0.05) is 11.5 Å². The van der Waals surface area contributed by atoms with Crippen molar-refractivity contribution in [2.75, 3.05) is 5.75 Å². The molecule has 0 spiro atoms. The average Bonchev–Trinajstić information content (AvgIpc) is 2.33. The second kappa shape index (κ2) is 8.05. The van der Waals surface area contributed by atoms with Gasteiger partial charge in [0.15, 0.2) is 10.3 Å². The number of benzene rings is 1. The monoisotopic (exact) mass is 282 g/mol. The summed E-state index contributed by atoms with van der Waals surface area (Å²) in [7, 11) is 0. The maximum atomic E-state index is 7.14. The molecule has 4 nitrogen and oxygen atoms in total. The lowest BCUT2D eigenvalue weighted by atomic mass is 10.1. The second-order valence-corrected chi connectivity index (χ2v) is 5.94. The third-order valence-electron chi connectivity index (χ3n) is 2.28. The van der Waals surface area contributed by atoms with Crippen molar-refractivity contribution in [3.63, 3.8) is 0 Å². The minimum absolute atomic E-state index is 0.153. The fourth-order valence-electron chi connectivity index (χ4n) is 1.42. The summed E-state index contributed by atoms with van der Waals surface area (Å²) in [6, 6.07) is 8.36. The van der Waals surface area contributed by atoms with Crippen LogP contribution < -0.4 is 11.5 Å². The minimum atomic E-state index is 0.153. The zero-order valence-electron chi connectivity index (χ0n) is 10.1. The van der Waals surface area contributed by atoms with Crippen LogP contribution >= 0.6 is 23.5 Å². The Morgan fingerprint density at radius 3 is 2.06 bits per heavy atom. The van der Waals surface area contributed by atoms with Gasteiger partial charge < -0.3 is 11.5 Å². The summed E-state index contributed by atoms with van der Waals surface area (Å²) >= 11 is 2.72. The first-order valence-corrected chi connectivity index (χ1v) is 7.56. The number of thioether (sulfide) groups is 2. The molecule has 0 unspecified atom stereocenters. The summed E-state index contributed by atoms with van der Waals surface area (Å²) in [5.41, 5.74) is 13.0. The van der Waals surface area contributed by atoms with Crippen molar-refractivity contribution in [3.05, 3.63) is 35.4 Å². The van der Waals surface area contributed by atoms with Crippen molar-refractivity contribution in [2.45, 2.75) is 18.6 Å². The number of amidine groups is 2. The molecule has 0 heterocycles. The summed E-state index contributed by atoms with van der Waals surface area (Å²) < 4.78 is 0. The summed E-state index contributed by atoms with van der Waals surface area (Å²) in [5, 5.41) is 14.6. The highest BCUT2D eigenvalue weighted by molar-refractivity contribution is 8.13. The first-order valence-electron chi connectivity index (χ1n) is 5.59. The fourth-order valence-corrected chi connectivity index (χ4v) is 2.44. The molecule has 1 aromatic carbocycles. The Bertz CT molecular complexity index is 403. The van der Waals surface area contributed by atoms with E-state index in [9.17, 15) is 0 Å². The Hall–Kier alpha value is -1.14. The average molecular weight is 282 g/mol. The molecule has 1 rings (SSSR count). The van der Waals surface area contributed by atoms with Gasteiger partial charge in [0.1, 0.15) is 0 Å². The van der Waals surface area contributed by atoms with Gasteiger partial charge in [-0.15, -0.1) is 0 Å². The van der Waals surface area contributed by atoms with Crippen LogP contribution in [0.1, 0.15) is 17.5 Å². The van der Waals surface area contributed by atoms with Crippen molar-refractivity contribution in [1.82, 2.24) is 0 Å². The Morgan fingerprint density at radius 2 is 1.50 bits per heavy atom. The van der Waals surface area contributed by atoms with Gasteiger partial charge in [-0.25, -0.2) is 0 Å². The Morgan fingerprint density at radius 1 is 0.944 bits per heavy atom. The third-order valence-corrected chi connectivity index (χ3v) is 3.88. The molecule has 0 radical (unpaired) electrons. The number of hydrogen-bond acceptors (Lipinski definition) is 4. The van der Waals surface area contributed by atoms with Gasteiger partial charge in [-0.05, 0) is 24.0 Å². The molecule has 0 fully saturated rings. The lowest BCUT2D eigenvalue weighted by Crippen LogP contribution is -2.04. The van der Waals surface area contributed by atoms with E-state index in [1.807, 2.05) is 0 Å². The highest BCUT2D eigenvalue weighted by Crippen LogP contribution is 2.14. The standard InChI is InChI=1S/C12H18N4S2/c13-11(14)17-7-1-2-9-3-5-10(6-4-9)8-18-12(15)16/h3-6H,1-2,7-8H2,(H3,13,14)(H3,15,16). The molecule has 0 saturated carbocycles. The molecule has 0 atom stereocenters. The lowest BCUT2D eigenvalue weighted by Gasteiger charge is -2.04. The van der Waals surface area contributed by atoms with E-state index in [1.54, 1.807) is 0 Å². The van der Waals surface area contributed by atoms with Crippen LogP contribution in [0.25, 0.3) is 0 Å². The van der Waals surface area contributed by atoms with Crippen LogP contribution in [-0.4, -0.2) is 16.1 Å². The largest absolute Gasteiger partial charge is 0.379 e. The van der Waals surface area contributed by atoms with E-state index in [4.69, 9.17) is 22.3 Å². The van der Waals surface area contributed by atoms with Crippen molar-refractivity contribution in [2.24, 2.45) is 11.5 Å². The molecule has 0 saturated heterocycles. The summed E-state index contributed by atoms with van der Waals surface area (Å²) in [6.45, 7) is 0. The van der Waals surface area contributed by atoms with Crippen LogP contribution in [-0.2, 0) is 12.2 Å². The van der Waals surface area contributed by atoms with Crippen LogP contribution in [0.2, 0.25) is 0 Å². The Labute approximate surface area is 116 Å². The van der Waals surface area contributed by atoms with Crippen molar-refractivity contribution in [3.8, 4) is 0 Å². The molecule has 98 valence electrons. The quantitative estimate of drug-likeness (QED) is 0.365. The van der Waals surface area contributed by atoms with Crippen molar-refractivity contribution >= 4 is 33.9 Å². The van der Waals surface area contributed by atoms with E-state index in [0.717, 1.165) is 24.3 Å². The third kappa shape index (κ3) is 6.56. The molecule has 6 heteroatoms. The van der Waals surface area contributed by atoms with Gasteiger partial charge in [0.2, 0.25) is 0 Å². The second-order valence-electron chi connectivity index (χ2n) is 3.79. The molecule has 18 heavy (non-hydrogen) atoms. The summed E-state index contributed by atoms with van der Waals surface area (Å²) in [5.74, 6) is 1.63. The predicted octanol–water partition coefficient (Wildman–Crippen LogP) is 2.37. The van der Waals surface area contributed by atoms with E-state index >= 15 is 0 Å². The van der Waals surface area contributed by atoms with E-state index in [2.05, 4.69) is 24.3 Å². The number of aryl methyl sites for hydroxylation is 1. The van der Waals surface area contributed by atoms with Crippen LogP contribution in [0.5, 0.6) is 0 Å². The van der Waals surface area contributed by atoms with Gasteiger partial charge in [0.25, 0.3) is 0 Å². The highest BCUT2D eigenvalue weighted by Gasteiger charge is 1.98. The molecule has 0 aliphatic rings. The SMILES string of the molecule is N=C(N)SCCCc1ccc(CSC(=N)N)cc1. The van der Waals surface area contributed by atoms with E-state index in [-0.39, 0.29) is 10.3 Å². The molecule has 0 aliphatic carbocycles. The zero-order chi connectivity index (χ0) is 13.4. The maximum absolute atomic E-state index is 7.14. The number of hydrogen-bond donors (Lipinski definition) is 4. The van der Waals surface area contributed by atoms with Gasteiger partial charge in [-0.1, -0.05) is 47.8 Å². The van der Waals surface area contributed by atoms with Gasteiger partial charge in [-0.2, -0.15) is 0 Å². The van der Waals surface area contributed by atoms with Gasteiger partial charge in [0.05, 0.1) is 0 Å². The van der Waals surface area contributed by atoms with Crippen LogP contribution in [0.4, 0.5) is 0 Å². The first-order chi connectivity index (χ1) is 8.58. The smallest absolute Gasteiger partial charge is 0.151 e. The topological polar surface area (TPSA) is 99.7 Å². The molecule has 0 aromatic heterocycles. The fraction of sp³-hybridized carbons (Fsp3) is 0.333. The highest BCUT2D eigenvalue weighted by atomic mass is 32.2.